The van der Waals surface area contributed by atoms with Gasteiger partial charge in [-0.2, -0.15) is 0 Å². The minimum atomic E-state index is -0.427. The smallest absolute Gasteiger partial charge is 0.312 e. The summed E-state index contributed by atoms with van der Waals surface area (Å²) >= 11 is 0. The SMILES string of the molecule is CC1CC(NC(N)=O)CN1Cc1ccccc1. The van der Waals surface area contributed by atoms with Crippen LogP contribution in [0.1, 0.15) is 18.9 Å². The molecule has 1 aliphatic heterocycles. The van der Waals surface area contributed by atoms with Gasteiger partial charge in [-0.15, -0.1) is 0 Å². The molecule has 3 N–H and O–H groups in total. The number of carbonyl (C=O) groups excluding carboxylic acids is 1. The Kier molecular flexibility index (Phi) is 3.64. The number of primary amides is 1. The average molecular weight is 233 g/mol. The molecule has 1 aliphatic rings. The molecule has 1 heterocycles. The van der Waals surface area contributed by atoms with E-state index in [1.54, 1.807) is 0 Å². The van der Waals surface area contributed by atoms with Crippen molar-refractivity contribution in [3.63, 3.8) is 0 Å². The minimum absolute atomic E-state index is 0.186. The molecule has 0 bridgehead atoms. The van der Waals surface area contributed by atoms with Gasteiger partial charge in [0.15, 0.2) is 0 Å². The topological polar surface area (TPSA) is 58.4 Å². The lowest BCUT2D eigenvalue weighted by molar-refractivity contribution is 0.241. The van der Waals surface area contributed by atoms with E-state index < -0.39 is 6.03 Å². The van der Waals surface area contributed by atoms with Crippen LogP contribution >= 0.6 is 0 Å². The highest BCUT2D eigenvalue weighted by atomic mass is 16.2. The van der Waals surface area contributed by atoms with E-state index >= 15 is 0 Å². The first kappa shape index (κ1) is 11.9. The van der Waals surface area contributed by atoms with Gasteiger partial charge >= 0.3 is 6.03 Å². The van der Waals surface area contributed by atoms with Gasteiger partial charge in [0.1, 0.15) is 0 Å². The highest BCUT2D eigenvalue weighted by molar-refractivity contribution is 5.72. The molecule has 0 aliphatic carbocycles. The summed E-state index contributed by atoms with van der Waals surface area (Å²) in [4.78, 5) is 13.2. The summed E-state index contributed by atoms with van der Waals surface area (Å²) in [5, 5.41) is 2.79. The van der Waals surface area contributed by atoms with Crippen molar-refractivity contribution in [1.82, 2.24) is 10.2 Å². The fourth-order valence-electron chi connectivity index (χ4n) is 2.44. The molecular formula is C13H19N3O. The van der Waals surface area contributed by atoms with Crippen molar-refractivity contribution in [2.45, 2.75) is 32.0 Å². The first-order chi connectivity index (χ1) is 8.15. The molecule has 1 saturated heterocycles. The molecule has 4 heteroatoms. The van der Waals surface area contributed by atoms with E-state index in [1.165, 1.54) is 5.56 Å². The molecule has 0 spiro atoms. The second kappa shape index (κ2) is 5.19. The first-order valence-corrected chi connectivity index (χ1v) is 5.99. The fraction of sp³-hybridized carbons (Fsp3) is 0.462. The van der Waals surface area contributed by atoms with Gasteiger partial charge in [0.2, 0.25) is 0 Å². The Morgan fingerprint density at radius 3 is 2.82 bits per heavy atom. The van der Waals surface area contributed by atoms with E-state index in [4.69, 9.17) is 5.73 Å². The number of hydrogen-bond donors (Lipinski definition) is 2. The van der Waals surface area contributed by atoms with Crippen LogP contribution in [-0.2, 0) is 6.54 Å². The van der Waals surface area contributed by atoms with Gasteiger partial charge in [-0.1, -0.05) is 30.3 Å². The summed E-state index contributed by atoms with van der Waals surface area (Å²) in [5.41, 5.74) is 6.45. The number of nitrogens with one attached hydrogen (secondary N) is 1. The standard InChI is InChI=1S/C13H19N3O/c1-10-7-12(15-13(14)17)9-16(10)8-11-5-3-2-4-6-11/h2-6,10,12H,7-9H2,1H3,(H3,14,15,17). The molecule has 17 heavy (non-hydrogen) atoms. The monoisotopic (exact) mass is 233 g/mol. The lowest BCUT2D eigenvalue weighted by Crippen LogP contribution is -2.40. The number of nitrogens with zero attached hydrogens (tertiary/aromatic N) is 1. The lowest BCUT2D eigenvalue weighted by atomic mass is 10.2. The molecule has 1 fully saturated rings. The third-order valence-corrected chi connectivity index (χ3v) is 3.28. The molecule has 92 valence electrons. The predicted molar refractivity (Wildman–Crippen MR) is 67.4 cm³/mol. The Labute approximate surface area is 102 Å². The maximum atomic E-state index is 10.8. The van der Waals surface area contributed by atoms with Crippen molar-refractivity contribution in [1.29, 1.82) is 0 Å². The quantitative estimate of drug-likeness (QED) is 0.827. The van der Waals surface area contributed by atoms with E-state index in [0.717, 1.165) is 19.5 Å². The van der Waals surface area contributed by atoms with Gasteiger partial charge in [0.05, 0.1) is 0 Å². The number of hydrogen-bond acceptors (Lipinski definition) is 2. The molecule has 2 rings (SSSR count). The van der Waals surface area contributed by atoms with Crippen LogP contribution in [-0.4, -0.2) is 29.6 Å². The number of amides is 2. The molecule has 1 aromatic carbocycles. The lowest BCUT2D eigenvalue weighted by Gasteiger charge is -2.20. The van der Waals surface area contributed by atoms with Crippen LogP contribution in [0.15, 0.2) is 30.3 Å². The predicted octanol–water partition coefficient (Wildman–Crippen LogP) is 1.32. The summed E-state index contributed by atoms with van der Waals surface area (Å²) < 4.78 is 0. The van der Waals surface area contributed by atoms with E-state index in [-0.39, 0.29) is 6.04 Å². The fourth-order valence-corrected chi connectivity index (χ4v) is 2.44. The minimum Gasteiger partial charge on any atom is -0.352 e. The maximum Gasteiger partial charge on any atom is 0.312 e. The number of carbonyl (C=O) groups is 1. The third kappa shape index (κ3) is 3.20. The highest BCUT2D eigenvalue weighted by Crippen LogP contribution is 2.19. The average Bonchev–Trinajstić information content (AvgIpc) is 2.59. The summed E-state index contributed by atoms with van der Waals surface area (Å²) in [7, 11) is 0. The summed E-state index contributed by atoms with van der Waals surface area (Å²) in [6.45, 7) is 3.99. The van der Waals surface area contributed by atoms with E-state index in [9.17, 15) is 4.79 Å². The van der Waals surface area contributed by atoms with Crippen molar-refractivity contribution in [2.24, 2.45) is 5.73 Å². The number of benzene rings is 1. The zero-order valence-electron chi connectivity index (χ0n) is 10.1. The zero-order valence-corrected chi connectivity index (χ0v) is 10.1. The Hall–Kier alpha value is -1.55. The summed E-state index contributed by atoms with van der Waals surface area (Å²) in [6.07, 6.45) is 0.968. The van der Waals surface area contributed by atoms with Crippen molar-refractivity contribution in [2.75, 3.05) is 6.54 Å². The zero-order chi connectivity index (χ0) is 12.3. The summed E-state index contributed by atoms with van der Waals surface area (Å²) in [6, 6.07) is 10.6. The third-order valence-electron chi connectivity index (χ3n) is 3.28. The Morgan fingerprint density at radius 1 is 1.47 bits per heavy atom. The van der Waals surface area contributed by atoms with E-state index in [0.29, 0.717) is 6.04 Å². The van der Waals surface area contributed by atoms with Crippen molar-refractivity contribution in [3.8, 4) is 0 Å². The van der Waals surface area contributed by atoms with Crippen LogP contribution in [0, 0.1) is 0 Å². The van der Waals surface area contributed by atoms with Gasteiger partial charge in [-0.3, -0.25) is 4.90 Å². The Morgan fingerprint density at radius 2 is 2.18 bits per heavy atom. The number of urea groups is 1. The molecule has 2 atom stereocenters. The van der Waals surface area contributed by atoms with Crippen molar-refractivity contribution >= 4 is 6.03 Å². The van der Waals surface area contributed by atoms with Crippen molar-refractivity contribution < 1.29 is 4.79 Å². The van der Waals surface area contributed by atoms with Gasteiger partial charge in [0, 0.05) is 25.2 Å². The second-order valence-corrected chi connectivity index (χ2v) is 4.71. The number of likely N-dealkylation sites (tertiary alicyclic amines) is 1. The van der Waals surface area contributed by atoms with Gasteiger partial charge in [0.25, 0.3) is 0 Å². The van der Waals surface area contributed by atoms with Crippen LogP contribution in [0.5, 0.6) is 0 Å². The van der Waals surface area contributed by atoms with Gasteiger partial charge in [-0.25, -0.2) is 4.79 Å². The van der Waals surface area contributed by atoms with Crippen LogP contribution in [0.4, 0.5) is 4.79 Å². The normalized spacial score (nSPS) is 24.8. The van der Waals surface area contributed by atoms with Crippen molar-refractivity contribution in [3.05, 3.63) is 35.9 Å². The van der Waals surface area contributed by atoms with Crippen LogP contribution in [0.3, 0.4) is 0 Å². The van der Waals surface area contributed by atoms with Crippen LogP contribution < -0.4 is 11.1 Å². The molecule has 0 saturated carbocycles. The molecule has 0 aromatic heterocycles. The number of rotatable bonds is 3. The highest BCUT2D eigenvalue weighted by Gasteiger charge is 2.29. The van der Waals surface area contributed by atoms with E-state index in [2.05, 4.69) is 41.4 Å². The molecule has 4 nitrogen and oxygen atoms in total. The van der Waals surface area contributed by atoms with E-state index in [1.807, 2.05) is 6.07 Å². The van der Waals surface area contributed by atoms with Gasteiger partial charge < -0.3 is 11.1 Å². The molecule has 0 radical (unpaired) electrons. The molecule has 2 amide bonds. The maximum absolute atomic E-state index is 10.8. The van der Waals surface area contributed by atoms with Gasteiger partial charge in [-0.05, 0) is 18.9 Å². The van der Waals surface area contributed by atoms with Crippen LogP contribution in [0.25, 0.3) is 0 Å². The second-order valence-electron chi connectivity index (χ2n) is 4.71. The molecular weight excluding hydrogens is 214 g/mol. The van der Waals surface area contributed by atoms with Crippen LogP contribution in [0.2, 0.25) is 0 Å². The Bertz CT molecular complexity index is 380. The number of nitrogens with two attached hydrogens (primary N) is 1. The summed E-state index contributed by atoms with van der Waals surface area (Å²) in [5.74, 6) is 0. The largest absolute Gasteiger partial charge is 0.352 e. The molecule has 1 aromatic rings. The Balaban J connectivity index is 1.92. The molecule has 2 unspecified atom stereocenters. The first-order valence-electron chi connectivity index (χ1n) is 5.99.